The number of allylic oxidation sites excluding steroid dienone is 4. The van der Waals surface area contributed by atoms with Crippen LogP contribution in [-0.2, 0) is 25.8 Å². The topological polar surface area (TPSA) is 0 Å². The molecule has 0 aromatic rings. The van der Waals surface area contributed by atoms with Crippen molar-refractivity contribution in [3.05, 3.63) is 30.2 Å². The summed E-state index contributed by atoms with van der Waals surface area (Å²) in [6.45, 7) is 9.01. The maximum atomic E-state index is 2.99. The van der Waals surface area contributed by atoms with E-state index in [1.165, 1.54) is 6.16 Å². The van der Waals surface area contributed by atoms with Gasteiger partial charge in [-0.1, -0.05) is 0 Å². The van der Waals surface area contributed by atoms with Crippen molar-refractivity contribution in [3.63, 3.8) is 0 Å². The van der Waals surface area contributed by atoms with Crippen molar-refractivity contribution in [3.8, 4) is 0 Å². The normalized spacial score (nSPS) is 10.4. The maximum absolute atomic E-state index is 2.99. The molecule has 0 N–H and O–H groups in total. The van der Waals surface area contributed by atoms with E-state index in [1.807, 2.05) is 12.2 Å². The largest absolute Gasteiger partial charge is 0.316 e. The zero-order valence-electron chi connectivity index (χ0n) is 10.3. The van der Waals surface area contributed by atoms with E-state index in [0.717, 1.165) is 6.42 Å². The average molecular weight is 470 g/mol. The van der Waals surface area contributed by atoms with Gasteiger partial charge in [-0.05, 0) is 13.3 Å². The zero-order valence-corrected chi connectivity index (χ0v) is 17.3. The van der Waals surface area contributed by atoms with Crippen molar-refractivity contribution in [1.29, 1.82) is 0 Å². The van der Waals surface area contributed by atoms with Crippen LogP contribution in [0.25, 0.3) is 0 Å². The van der Waals surface area contributed by atoms with Crippen molar-refractivity contribution in [2.24, 2.45) is 0 Å². The van der Waals surface area contributed by atoms with Gasteiger partial charge in [0.05, 0.1) is 0 Å². The predicted molar refractivity (Wildman–Crippen MR) is 81.5 cm³/mol. The first kappa shape index (κ1) is 30.6. The SMILES string of the molecule is C[C-](C)CP(C)C.Cl.Cl.Cl.[C-]1=CC=CC1.[Hf]. The van der Waals surface area contributed by atoms with Gasteiger partial charge in [0.15, 0.2) is 0 Å². The van der Waals surface area contributed by atoms with Gasteiger partial charge in [-0.25, -0.2) is 12.2 Å². The second kappa shape index (κ2) is 21.9. The number of hydrogen-bond acceptors (Lipinski definition) is 0. The van der Waals surface area contributed by atoms with E-state index in [4.69, 9.17) is 0 Å². The van der Waals surface area contributed by atoms with Crippen LogP contribution in [0.15, 0.2) is 18.2 Å². The zero-order chi connectivity index (χ0) is 9.40. The van der Waals surface area contributed by atoms with Gasteiger partial charge >= 0.3 is 0 Å². The number of halogens is 3. The molecule has 0 aromatic carbocycles. The summed E-state index contributed by atoms with van der Waals surface area (Å²) >= 11 is 0. The second-order valence-corrected chi connectivity index (χ2v) is 5.92. The van der Waals surface area contributed by atoms with E-state index in [2.05, 4.69) is 39.3 Å². The molecule has 0 aliphatic heterocycles. The van der Waals surface area contributed by atoms with E-state index in [1.54, 1.807) is 5.92 Å². The predicted octanol–water partition coefficient (Wildman–Crippen LogP) is 4.91. The number of rotatable bonds is 2. The molecule has 1 aliphatic carbocycles. The average Bonchev–Trinajstić information content (AvgIpc) is 2.36. The van der Waals surface area contributed by atoms with Gasteiger partial charge < -0.3 is 5.92 Å². The third kappa shape index (κ3) is 29.6. The van der Waals surface area contributed by atoms with Gasteiger partial charge in [0, 0.05) is 25.8 Å². The van der Waals surface area contributed by atoms with Gasteiger partial charge in [-0.15, -0.1) is 51.6 Å². The van der Waals surface area contributed by atoms with Gasteiger partial charge in [0.25, 0.3) is 0 Å². The van der Waals surface area contributed by atoms with E-state index < -0.39 is 0 Å². The van der Waals surface area contributed by atoms with Crippen molar-refractivity contribution >= 4 is 45.1 Å². The van der Waals surface area contributed by atoms with Crippen LogP contribution in [0, 0.1) is 12.0 Å². The molecule has 16 heavy (non-hydrogen) atoms. The quantitative estimate of drug-likeness (QED) is 0.306. The van der Waals surface area contributed by atoms with Crippen LogP contribution < -0.4 is 0 Å². The first-order chi connectivity index (χ1) is 5.63. The molecule has 0 atom stereocenters. The van der Waals surface area contributed by atoms with Crippen LogP contribution in [0.1, 0.15) is 20.3 Å². The van der Waals surface area contributed by atoms with Crippen LogP contribution in [0.5, 0.6) is 0 Å². The first-order valence-electron chi connectivity index (χ1n) is 4.28. The molecule has 0 spiro atoms. The third-order valence-corrected chi connectivity index (χ3v) is 2.48. The summed E-state index contributed by atoms with van der Waals surface area (Å²) in [5.41, 5.74) is 0. The standard InChI is InChI=1S/C6H14P.C5H5.3ClH.Hf/c1-6(2)5-7(3)4;1-2-4-5-3-1;;;;/h5H2,1-4H3;1-3H,4H2;3*1H;/q2*-1;;;;. The van der Waals surface area contributed by atoms with E-state index in [-0.39, 0.29) is 63.1 Å². The Bertz CT molecular complexity index is 143. The van der Waals surface area contributed by atoms with E-state index >= 15 is 0 Å². The van der Waals surface area contributed by atoms with Crippen molar-refractivity contribution < 1.29 is 25.8 Å². The molecule has 0 bridgehead atoms. The maximum Gasteiger partial charge on any atom is 0 e. The van der Waals surface area contributed by atoms with Crippen LogP contribution in [0.2, 0.25) is 0 Å². The van der Waals surface area contributed by atoms with Crippen LogP contribution >= 0.6 is 45.1 Å². The molecule has 0 unspecified atom stereocenters. The fraction of sp³-hybridized carbons (Fsp3) is 0.545. The summed E-state index contributed by atoms with van der Waals surface area (Å²) in [7, 11) is 0.323. The minimum atomic E-state index is 0. The smallest absolute Gasteiger partial charge is 0 e. The Balaban J connectivity index is -0.0000000411. The van der Waals surface area contributed by atoms with E-state index in [0.29, 0.717) is 7.92 Å². The molecule has 0 aromatic heterocycles. The van der Waals surface area contributed by atoms with Crippen LogP contribution in [0.4, 0.5) is 0 Å². The minimum Gasteiger partial charge on any atom is -0.316 e. The molecule has 0 saturated heterocycles. The van der Waals surface area contributed by atoms with Crippen molar-refractivity contribution in [1.82, 2.24) is 0 Å². The molecule has 1 aliphatic rings. The molecule has 1 rings (SSSR count). The summed E-state index contributed by atoms with van der Waals surface area (Å²) in [5.74, 6) is 1.57. The second-order valence-electron chi connectivity index (χ2n) is 3.45. The molecule has 0 saturated carbocycles. The molecule has 5 heteroatoms. The van der Waals surface area contributed by atoms with Crippen LogP contribution in [-0.4, -0.2) is 19.5 Å². The third-order valence-electron chi connectivity index (χ3n) is 1.22. The molecular formula is C11H22Cl3HfP-2. The molecule has 0 nitrogen and oxygen atoms in total. The molecule has 98 valence electrons. The summed E-state index contributed by atoms with van der Waals surface area (Å²) < 4.78 is 0. The minimum absolute atomic E-state index is 0. The van der Waals surface area contributed by atoms with Crippen molar-refractivity contribution in [2.45, 2.75) is 20.3 Å². The van der Waals surface area contributed by atoms with Crippen LogP contribution in [0.3, 0.4) is 0 Å². The summed E-state index contributed by atoms with van der Waals surface area (Å²) in [6, 6.07) is 0. The molecular weight excluding hydrogens is 448 g/mol. The van der Waals surface area contributed by atoms with E-state index in [9.17, 15) is 0 Å². The molecule has 0 heterocycles. The number of hydrogen-bond donors (Lipinski definition) is 0. The molecule has 0 fully saturated rings. The molecule has 0 amide bonds. The van der Waals surface area contributed by atoms with Gasteiger partial charge in [-0.3, -0.25) is 6.08 Å². The Morgan fingerprint density at radius 3 is 1.75 bits per heavy atom. The summed E-state index contributed by atoms with van der Waals surface area (Å²) in [4.78, 5) is 0. The monoisotopic (exact) mass is 470 g/mol. The molecule has 0 radical (unpaired) electrons. The van der Waals surface area contributed by atoms with Gasteiger partial charge in [0.1, 0.15) is 0 Å². The van der Waals surface area contributed by atoms with Gasteiger partial charge in [0.2, 0.25) is 0 Å². The Hall–Kier alpha value is 1.65. The Kier molecular flexibility index (Phi) is 41.8. The first-order valence-corrected chi connectivity index (χ1v) is 6.70. The fourth-order valence-electron chi connectivity index (χ4n) is 0.973. The van der Waals surface area contributed by atoms with Crippen molar-refractivity contribution in [2.75, 3.05) is 19.5 Å². The summed E-state index contributed by atoms with van der Waals surface area (Å²) in [6.07, 6.45) is 11.3. The Labute approximate surface area is 140 Å². The van der Waals surface area contributed by atoms with Gasteiger partial charge in [-0.2, -0.15) is 26.1 Å². The summed E-state index contributed by atoms with van der Waals surface area (Å²) in [5, 5.41) is 0. The Morgan fingerprint density at radius 1 is 1.19 bits per heavy atom. The Morgan fingerprint density at radius 2 is 1.69 bits per heavy atom. The fourth-order valence-corrected chi connectivity index (χ4v) is 2.24.